The number of nitrogens with zero attached hydrogens (tertiary/aromatic N) is 1. The molecule has 0 aliphatic rings. The highest BCUT2D eigenvalue weighted by molar-refractivity contribution is 8.00. The van der Waals surface area contributed by atoms with Crippen molar-refractivity contribution in [3.05, 3.63) is 23.9 Å². The largest absolute Gasteiger partial charge is 0.246 e. The number of rotatable bonds is 2. The van der Waals surface area contributed by atoms with Gasteiger partial charge in [-0.25, -0.2) is 4.98 Å². The van der Waals surface area contributed by atoms with Gasteiger partial charge >= 0.3 is 0 Å². The topological polar surface area (TPSA) is 12.9 Å². The standard InChI is InChI=1S/C12H19NS/c1-9(2)10-7-6-8-11(13-10)14-12(3,4)5/h6-9H,1-5H3. The summed E-state index contributed by atoms with van der Waals surface area (Å²) in [6.07, 6.45) is 0. The Morgan fingerprint density at radius 1 is 1.21 bits per heavy atom. The summed E-state index contributed by atoms with van der Waals surface area (Å²) in [5, 5.41) is 1.13. The fourth-order valence-corrected chi connectivity index (χ4v) is 2.05. The number of pyridine rings is 1. The zero-order valence-electron chi connectivity index (χ0n) is 9.66. The molecular formula is C12H19NS. The molecule has 0 N–H and O–H groups in total. The van der Waals surface area contributed by atoms with Crippen LogP contribution in [0.5, 0.6) is 0 Å². The van der Waals surface area contributed by atoms with E-state index in [1.165, 1.54) is 5.69 Å². The van der Waals surface area contributed by atoms with Gasteiger partial charge in [0.25, 0.3) is 0 Å². The molecular weight excluding hydrogens is 190 g/mol. The second-order valence-corrected chi connectivity index (χ2v) is 6.62. The van der Waals surface area contributed by atoms with Crippen LogP contribution in [-0.2, 0) is 0 Å². The molecule has 0 amide bonds. The van der Waals surface area contributed by atoms with Crippen LogP contribution in [0.25, 0.3) is 0 Å². The summed E-state index contributed by atoms with van der Waals surface area (Å²) >= 11 is 1.82. The Balaban J connectivity index is 2.84. The second kappa shape index (κ2) is 4.35. The minimum atomic E-state index is 0.239. The second-order valence-electron chi connectivity index (χ2n) is 4.77. The highest BCUT2D eigenvalue weighted by atomic mass is 32.2. The van der Waals surface area contributed by atoms with Crippen LogP contribution in [0.1, 0.15) is 46.2 Å². The van der Waals surface area contributed by atoms with E-state index in [-0.39, 0.29) is 4.75 Å². The normalized spacial score (nSPS) is 12.1. The van der Waals surface area contributed by atoms with E-state index in [9.17, 15) is 0 Å². The third kappa shape index (κ3) is 3.70. The van der Waals surface area contributed by atoms with E-state index < -0.39 is 0 Å². The molecule has 0 aromatic carbocycles. The lowest BCUT2D eigenvalue weighted by Gasteiger charge is -2.17. The van der Waals surface area contributed by atoms with Crippen molar-refractivity contribution < 1.29 is 0 Å². The lowest BCUT2D eigenvalue weighted by molar-refractivity contribution is 0.782. The lowest BCUT2D eigenvalue weighted by atomic mass is 10.1. The highest BCUT2D eigenvalue weighted by Crippen LogP contribution is 2.30. The van der Waals surface area contributed by atoms with Gasteiger partial charge in [-0.15, -0.1) is 11.8 Å². The summed E-state index contributed by atoms with van der Waals surface area (Å²) in [7, 11) is 0. The van der Waals surface area contributed by atoms with Crippen molar-refractivity contribution in [2.75, 3.05) is 0 Å². The molecule has 1 heterocycles. The Labute approximate surface area is 91.3 Å². The Morgan fingerprint density at radius 3 is 2.36 bits per heavy atom. The highest BCUT2D eigenvalue weighted by Gasteiger charge is 2.13. The van der Waals surface area contributed by atoms with Crippen molar-refractivity contribution in [1.29, 1.82) is 0 Å². The van der Waals surface area contributed by atoms with Crippen LogP contribution in [-0.4, -0.2) is 9.73 Å². The number of aromatic nitrogens is 1. The van der Waals surface area contributed by atoms with Gasteiger partial charge < -0.3 is 0 Å². The smallest absolute Gasteiger partial charge is 0.0968 e. The molecule has 1 rings (SSSR count). The summed E-state index contributed by atoms with van der Waals surface area (Å²) in [4.78, 5) is 4.62. The molecule has 1 nitrogen and oxygen atoms in total. The molecule has 0 atom stereocenters. The predicted molar refractivity (Wildman–Crippen MR) is 63.9 cm³/mol. The van der Waals surface area contributed by atoms with E-state index in [1.807, 2.05) is 11.8 Å². The van der Waals surface area contributed by atoms with E-state index in [0.717, 1.165) is 5.03 Å². The van der Waals surface area contributed by atoms with Crippen molar-refractivity contribution in [2.45, 2.75) is 50.3 Å². The first-order chi connectivity index (χ1) is 6.38. The van der Waals surface area contributed by atoms with Crippen LogP contribution in [0.3, 0.4) is 0 Å². The van der Waals surface area contributed by atoms with Gasteiger partial charge in [0, 0.05) is 10.4 Å². The van der Waals surface area contributed by atoms with Crippen LogP contribution < -0.4 is 0 Å². The summed E-state index contributed by atoms with van der Waals surface area (Å²) in [5.74, 6) is 0.510. The lowest BCUT2D eigenvalue weighted by Crippen LogP contribution is -2.07. The minimum Gasteiger partial charge on any atom is -0.246 e. The van der Waals surface area contributed by atoms with Gasteiger partial charge in [-0.1, -0.05) is 40.7 Å². The molecule has 78 valence electrons. The van der Waals surface area contributed by atoms with Gasteiger partial charge in [0.15, 0.2) is 0 Å². The fourth-order valence-electron chi connectivity index (χ4n) is 1.12. The molecule has 0 spiro atoms. The Morgan fingerprint density at radius 2 is 1.86 bits per heavy atom. The van der Waals surface area contributed by atoms with E-state index in [0.29, 0.717) is 5.92 Å². The molecule has 0 saturated carbocycles. The fraction of sp³-hybridized carbons (Fsp3) is 0.583. The van der Waals surface area contributed by atoms with Crippen molar-refractivity contribution in [1.82, 2.24) is 4.98 Å². The van der Waals surface area contributed by atoms with Gasteiger partial charge in [0.1, 0.15) is 0 Å². The summed E-state index contributed by atoms with van der Waals surface area (Å²) in [6, 6.07) is 6.27. The molecule has 0 unspecified atom stereocenters. The van der Waals surface area contributed by atoms with E-state index in [1.54, 1.807) is 0 Å². The Kier molecular flexibility index (Phi) is 3.59. The van der Waals surface area contributed by atoms with Gasteiger partial charge in [-0.05, 0) is 18.1 Å². The number of thioether (sulfide) groups is 1. The first kappa shape index (κ1) is 11.6. The van der Waals surface area contributed by atoms with Gasteiger partial charge in [-0.3, -0.25) is 0 Å². The predicted octanol–water partition coefficient (Wildman–Crippen LogP) is 4.10. The third-order valence-corrected chi connectivity index (χ3v) is 2.80. The molecule has 0 radical (unpaired) electrons. The molecule has 0 saturated heterocycles. The monoisotopic (exact) mass is 209 g/mol. The SMILES string of the molecule is CC(C)c1cccc(SC(C)(C)C)n1. The van der Waals surface area contributed by atoms with Crippen LogP contribution in [0.15, 0.2) is 23.2 Å². The molecule has 1 aromatic heterocycles. The van der Waals surface area contributed by atoms with Crippen molar-refractivity contribution in [3.8, 4) is 0 Å². The first-order valence-electron chi connectivity index (χ1n) is 5.04. The maximum atomic E-state index is 4.62. The maximum Gasteiger partial charge on any atom is 0.0968 e. The molecule has 0 bridgehead atoms. The molecule has 0 fully saturated rings. The van der Waals surface area contributed by atoms with Gasteiger partial charge in [-0.2, -0.15) is 0 Å². The summed E-state index contributed by atoms with van der Waals surface area (Å²) in [5.41, 5.74) is 1.18. The third-order valence-electron chi connectivity index (χ3n) is 1.75. The minimum absolute atomic E-state index is 0.239. The summed E-state index contributed by atoms with van der Waals surface area (Å²) < 4.78 is 0.239. The van der Waals surface area contributed by atoms with Crippen molar-refractivity contribution >= 4 is 11.8 Å². The van der Waals surface area contributed by atoms with Crippen molar-refractivity contribution in [3.63, 3.8) is 0 Å². The first-order valence-corrected chi connectivity index (χ1v) is 5.86. The zero-order chi connectivity index (χ0) is 10.8. The van der Waals surface area contributed by atoms with Crippen LogP contribution in [0, 0.1) is 0 Å². The van der Waals surface area contributed by atoms with Crippen LogP contribution >= 0.6 is 11.8 Å². The van der Waals surface area contributed by atoms with Crippen LogP contribution in [0.2, 0.25) is 0 Å². The number of hydrogen-bond acceptors (Lipinski definition) is 2. The zero-order valence-corrected chi connectivity index (χ0v) is 10.5. The summed E-state index contributed by atoms with van der Waals surface area (Å²) in [6.45, 7) is 11.0. The molecule has 1 aromatic rings. The van der Waals surface area contributed by atoms with Crippen molar-refractivity contribution in [2.24, 2.45) is 0 Å². The van der Waals surface area contributed by atoms with E-state index in [2.05, 4.69) is 57.8 Å². The average molecular weight is 209 g/mol. The number of hydrogen-bond donors (Lipinski definition) is 0. The molecule has 2 heteroatoms. The van der Waals surface area contributed by atoms with E-state index in [4.69, 9.17) is 0 Å². The maximum absolute atomic E-state index is 4.62. The molecule has 0 aliphatic carbocycles. The van der Waals surface area contributed by atoms with Gasteiger partial charge in [0.2, 0.25) is 0 Å². The Bertz CT molecular complexity index is 299. The average Bonchev–Trinajstić information content (AvgIpc) is 2.01. The van der Waals surface area contributed by atoms with E-state index >= 15 is 0 Å². The Hall–Kier alpha value is -0.500. The van der Waals surface area contributed by atoms with Crippen LogP contribution in [0.4, 0.5) is 0 Å². The molecule has 0 aliphatic heterocycles. The quantitative estimate of drug-likeness (QED) is 0.680. The van der Waals surface area contributed by atoms with Gasteiger partial charge in [0.05, 0.1) is 5.03 Å². The molecule has 14 heavy (non-hydrogen) atoms.